The molecule has 1 saturated carbocycles. The molecule has 1 aromatic heterocycles. The minimum atomic E-state index is -0.0600. The largest absolute Gasteiger partial charge is 0.352 e. The molecule has 0 atom stereocenters. The lowest BCUT2D eigenvalue weighted by atomic mass is 10.3. The Bertz CT molecular complexity index is 305. The second-order valence-corrected chi connectivity index (χ2v) is 3.82. The molecule has 0 radical (unpaired) electrons. The number of rotatable bonds is 6. The van der Waals surface area contributed by atoms with Gasteiger partial charge in [0.2, 0.25) is 0 Å². The predicted molar refractivity (Wildman–Crippen MR) is 56.6 cm³/mol. The smallest absolute Gasteiger partial charge is 0.254 e. The van der Waals surface area contributed by atoms with Gasteiger partial charge in [-0.25, -0.2) is 0 Å². The zero-order valence-corrected chi connectivity index (χ0v) is 8.62. The molecular weight excluding hydrogens is 192 g/mol. The molecule has 0 bridgehead atoms. The van der Waals surface area contributed by atoms with E-state index in [0.29, 0.717) is 12.1 Å². The second kappa shape index (κ2) is 4.93. The summed E-state index contributed by atoms with van der Waals surface area (Å²) in [7, 11) is 0. The van der Waals surface area contributed by atoms with Crippen molar-refractivity contribution in [1.29, 1.82) is 0 Å². The van der Waals surface area contributed by atoms with E-state index in [-0.39, 0.29) is 5.91 Å². The van der Waals surface area contributed by atoms with Crippen molar-refractivity contribution in [2.75, 3.05) is 13.1 Å². The highest BCUT2D eigenvalue weighted by molar-refractivity contribution is 5.93. The first-order valence-corrected chi connectivity index (χ1v) is 5.36. The van der Waals surface area contributed by atoms with Gasteiger partial charge in [-0.05, 0) is 25.8 Å². The number of H-pyrrole nitrogens is 1. The number of aromatic amines is 1. The molecule has 0 unspecified atom stereocenters. The first-order chi connectivity index (χ1) is 7.36. The zero-order chi connectivity index (χ0) is 10.5. The minimum Gasteiger partial charge on any atom is -0.352 e. The quantitative estimate of drug-likeness (QED) is 0.588. The minimum absolute atomic E-state index is 0.0600. The van der Waals surface area contributed by atoms with Crippen LogP contribution in [0.3, 0.4) is 0 Å². The van der Waals surface area contributed by atoms with E-state index >= 15 is 0 Å². The fraction of sp³-hybridized carbons (Fsp3) is 0.600. The number of amides is 1. The van der Waals surface area contributed by atoms with Crippen molar-refractivity contribution < 1.29 is 4.79 Å². The average Bonchev–Trinajstić information content (AvgIpc) is 2.90. The van der Waals surface area contributed by atoms with Gasteiger partial charge in [0, 0.05) is 18.8 Å². The lowest BCUT2D eigenvalue weighted by molar-refractivity contribution is 0.0953. The van der Waals surface area contributed by atoms with Crippen LogP contribution in [-0.2, 0) is 0 Å². The van der Waals surface area contributed by atoms with E-state index in [1.807, 2.05) is 0 Å². The molecule has 1 amide bonds. The monoisotopic (exact) mass is 208 g/mol. The van der Waals surface area contributed by atoms with Crippen LogP contribution in [0.25, 0.3) is 0 Å². The van der Waals surface area contributed by atoms with Crippen molar-refractivity contribution in [1.82, 2.24) is 20.8 Å². The number of nitrogens with zero attached hydrogens (tertiary/aromatic N) is 1. The molecule has 0 spiro atoms. The number of hydrogen-bond donors (Lipinski definition) is 3. The second-order valence-electron chi connectivity index (χ2n) is 3.82. The van der Waals surface area contributed by atoms with Gasteiger partial charge in [-0.1, -0.05) is 0 Å². The van der Waals surface area contributed by atoms with E-state index in [4.69, 9.17) is 0 Å². The lowest BCUT2D eigenvalue weighted by Crippen LogP contribution is -2.27. The van der Waals surface area contributed by atoms with Gasteiger partial charge in [0.15, 0.2) is 0 Å². The Labute approximate surface area is 88.6 Å². The van der Waals surface area contributed by atoms with E-state index in [9.17, 15) is 4.79 Å². The van der Waals surface area contributed by atoms with Crippen molar-refractivity contribution in [3.05, 3.63) is 18.0 Å². The summed E-state index contributed by atoms with van der Waals surface area (Å²) in [6.07, 6.45) is 6.71. The summed E-state index contributed by atoms with van der Waals surface area (Å²) in [5.74, 6) is -0.0600. The van der Waals surface area contributed by atoms with Crippen LogP contribution in [0.2, 0.25) is 0 Å². The molecule has 5 heteroatoms. The van der Waals surface area contributed by atoms with Crippen molar-refractivity contribution in [3.63, 3.8) is 0 Å². The van der Waals surface area contributed by atoms with Crippen LogP contribution in [0, 0.1) is 0 Å². The Morgan fingerprint density at radius 2 is 2.40 bits per heavy atom. The van der Waals surface area contributed by atoms with Gasteiger partial charge < -0.3 is 10.6 Å². The summed E-state index contributed by atoms with van der Waals surface area (Å²) in [5, 5.41) is 12.6. The number of hydrogen-bond acceptors (Lipinski definition) is 3. The molecule has 1 aliphatic rings. The molecule has 3 N–H and O–H groups in total. The van der Waals surface area contributed by atoms with E-state index in [1.54, 1.807) is 6.20 Å². The van der Waals surface area contributed by atoms with Crippen LogP contribution in [0.1, 0.15) is 29.6 Å². The normalized spacial score (nSPS) is 15.2. The average molecular weight is 208 g/mol. The molecule has 0 saturated heterocycles. The van der Waals surface area contributed by atoms with Crippen LogP contribution < -0.4 is 10.6 Å². The number of nitrogens with one attached hydrogen (secondary N) is 3. The predicted octanol–water partition coefficient (Wildman–Crippen LogP) is 0.282. The Morgan fingerprint density at radius 3 is 3.07 bits per heavy atom. The third kappa shape index (κ3) is 3.36. The summed E-state index contributed by atoms with van der Waals surface area (Å²) in [6, 6.07) is 0.745. The van der Waals surface area contributed by atoms with Gasteiger partial charge in [-0.3, -0.25) is 9.89 Å². The SMILES string of the molecule is O=C(NCCCNC1CC1)c1cn[nH]c1. The fourth-order valence-corrected chi connectivity index (χ4v) is 1.36. The maximum atomic E-state index is 11.4. The van der Waals surface area contributed by atoms with E-state index < -0.39 is 0 Å². The summed E-state index contributed by atoms with van der Waals surface area (Å²) in [5.41, 5.74) is 0.588. The highest BCUT2D eigenvalue weighted by atomic mass is 16.1. The van der Waals surface area contributed by atoms with Gasteiger partial charge in [0.05, 0.1) is 11.8 Å². The van der Waals surface area contributed by atoms with E-state index in [2.05, 4.69) is 20.8 Å². The van der Waals surface area contributed by atoms with Gasteiger partial charge in [-0.15, -0.1) is 0 Å². The molecule has 15 heavy (non-hydrogen) atoms. The topological polar surface area (TPSA) is 69.8 Å². The summed E-state index contributed by atoms with van der Waals surface area (Å²) in [6.45, 7) is 1.69. The maximum absolute atomic E-state index is 11.4. The van der Waals surface area contributed by atoms with Crippen LogP contribution in [-0.4, -0.2) is 35.2 Å². The summed E-state index contributed by atoms with van der Waals surface area (Å²) >= 11 is 0. The van der Waals surface area contributed by atoms with Crippen molar-refractivity contribution >= 4 is 5.91 Å². The molecule has 1 aromatic rings. The standard InChI is InChI=1S/C10H16N4O/c15-10(8-6-13-14-7-8)12-5-1-4-11-9-2-3-9/h6-7,9,11H,1-5H2,(H,12,15)(H,13,14). The van der Waals surface area contributed by atoms with Gasteiger partial charge >= 0.3 is 0 Å². The molecule has 5 nitrogen and oxygen atoms in total. The maximum Gasteiger partial charge on any atom is 0.254 e. The first kappa shape index (κ1) is 10.2. The number of aromatic nitrogens is 2. The van der Waals surface area contributed by atoms with Crippen molar-refractivity contribution in [2.24, 2.45) is 0 Å². The number of carbonyl (C=O) groups excluding carboxylic acids is 1. The van der Waals surface area contributed by atoms with E-state index in [1.165, 1.54) is 19.0 Å². The molecule has 0 aliphatic heterocycles. The molecule has 1 aliphatic carbocycles. The first-order valence-electron chi connectivity index (χ1n) is 5.36. The van der Waals surface area contributed by atoms with E-state index in [0.717, 1.165) is 19.0 Å². The highest BCUT2D eigenvalue weighted by Crippen LogP contribution is 2.18. The van der Waals surface area contributed by atoms with Gasteiger partial charge in [0.25, 0.3) is 5.91 Å². The zero-order valence-electron chi connectivity index (χ0n) is 8.62. The highest BCUT2D eigenvalue weighted by Gasteiger charge is 2.19. The van der Waals surface area contributed by atoms with Crippen LogP contribution in [0.5, 0.6) is 0 Å². The number of carbonyl (C=O) groups is 1. The lowest BCUT2D eigenvalue weighted by Gasteiger charge is -2.04. The fourth-order valence-electron chi connectivity index (χ4n) is 1.36. The molecular formula is C10H16N4O. The molecule has 2 rings (SSSR count). The molecule has 1 heterocycles. The van der Waals surface area contributed by atoms with Crippen LogP contribution in [0.15, 0.2) is 12.4 Å². The summed E-state index contributed by atoms with van der Waals surface area (Å²) < 4.78 is 0. The van der Waals surface area contributed by atoms with Crippen molar-refractivity contribution in [2.45, 2.75) is 25.3 Å². The summed E-state index contributed by atoms with van der Waals surface area (Å²) in [4.78, 5) is 11.4. The van der Waals surface area contributed by atoms with Gasteiger partial charge in [-0.2, -0.15) is 5.10 Å². The van der Waals surface area contributed by atoms with Gasteiger partial charge in [0.1, 0.15) is 0 Å². The Kier molecular flexibility index (Phi) is 3.34. The molecule has 82 valence electrons. The molecule has 0 aromatic carbocycles. The van der Waals surface area contributed by atoms with Crippen LogP contribution >= 0.6 is 0 Å². The third-order valence-corrected chi connectivity index (χ3v) is 2.41. The third-order valence-electron chi connectivity index (χ3n) is 2.41. The Balaban J connectivity index is 1.55. The van der Waals surface area contributed by atoms with Crippen molar-refractivity contribution in [3.8, 4) is 0 Å². The van der Waals surface area contributed by atoms with Crippen LogP contribution in [0.4, 0.5) is 0 Å². The molecule has 1 fully saturated rings. The Morgan fingerprint density at radius 1 is 1.53 bits per heavy atom. The Hall–Kier alpha value is -1.36.